The van der Waals surface area contributed by atoms with Gasteiger partial charge in [-0.15, -0.1) is 11.3 Å². The van der Waals surface area contributed by atoms with Gasteiger partial charge >= 0.3 is 0 Å². The highest BCUT2D eigenvalue weighted by molar-refractivity contribution is 9.11. The Kier molecular flexibility index (Phi) is 3.35. The van der Waals surface area contributed by atoms with Gasteiger partial charge in [0.05, 0.1) is 21.9 Å². The van der Waals surface area contributed by atoms with E-state index >= 15 is 0 Å². The molecule has 0 radical (unpaired) electrons. The van der Waals surface area contributed by atoms with Crippen molar-refractivity contribution in [3.8, 4) is 0 Å². The number of nitrogens with one attached hydrogen (secondary N) is 2. The molecule has 1 amide bonds. The van der Waals surface area contributed by atoms with Crippen LogP contribution in [0.4, 0.5) is 5.69 Å². The molecule has 2 aromatic heterocycles. The molecule has 0 bridgehead atoms. The van der Waals surface area contributed by atoms with Crippen LogP contribution in [-0.2, 0) is 11.2 Å². The molecule has 96 valence electrons. The van der Waals surface area contributed by atoms with Crippen molar-refractivity contribution in [3.05, 3.63) is 45.2 Å². The Labute approximate surface area is 122 Å². The zero-order valence-electron chi connectivity index (χ0n) is 9.81. The average molecular weight is 336 g/mol. The van der Waals surface area contributed by atoms with E-state index in [1.54, 1.807) is 17.5 Å². The largest absolute Gasteiger partial charge is 0.326 e. The zero-order valence-corrected chi connectivity index (χ0v) is 12.2. The van der Waals surface area contributed by atoms with Crippen molar-refractivity contribution in [2.24, 2.45) is 0 Å². The summed E-state index contributed by atoms with van der Waals surface area (Å²) in [5.41, 5.74) is 1.69. The number of anilines is 1. The molecule has 19 heavy (non-hydrogen) atoms. The molecular formula is C13H10BrN3OS. The van der Waals surface area contributed by atoms with Crippen molar-refractivity contribution in [2.75, 3.05) is 5.32 Å². The molecular weight excluding hydrogens is 326 g/mol. The van der Waals surface area contributed by atoms with Crippen molar-refractivity contribution in [1.82, 2.24) is 10.2 Å². The number of amides is 1. The number of aromatic amines is 1. The highest BCUT2D eigenvalue weighted by Gasteiger charge is 2.07. The van der Waals surface area contributed by atoms with E-state index in [1.165, 1.54) is 0 Å². The molecule has 2 N–H and O–H groups in total. The summed E-state index contributed by atoms with van der Waals surface area (Å²) < 4.78 is 1.04. The summed E-state index contributed by atoms with van der Waals surface area (Å²) in [5.74, 6) is -0.0202. The molecule has 6 heteroatoms. The lowest BCUT2D eigenvalue weighted by atomic mass is 10.2. The maximum Gasteiger partial charge on any atom is 0.229 e. The summed E-state index contributed by atoms with van der Waals surface area (Å²) in [5, 5.41) is 10.7. The van der Waals surface area contributed by atoms with Gasteiger partial charge in [0.15, 0.2) is 0 Å². The maximum atomic E-state index is 11.9. The number of nitrogens with zero attached hydrogens (tertiary/aromatic N) is 1. The van der Waals surface area contributed by atoms with E-state index in [1.807, 2.05) is 30.3 Å². The van der Waals surface area contributed by atoms with E-state index in [2.05, 4.69) is 31.4 Å². The Morgan fingerprint density at radius 2 is 2.26 bits per heavy atom. The number of benzene rings is 1. The van der Waals surface area contributed by atoms with E-state index in [-0.39, 0.29) is 5.91 Å². The zero-order chi connectivity index (χ0) is 13.2. The molecule has 0 unspecified atom stereocenters. The first kappa shape index (κ1) is 12.4. The van der Waals surface area contributed by atoms with E-state index < -0.39 is 0 Å². The van der Waals surface area contributed by atoms with Gasteiger partial charge < -0.3 is 5.32 Å². The first-order valence-corrected chi connectivity index (χ1v) is 7.29. The second-order valence-corrected chi connectivity index (χ2v) is 6.65. The lowest BCUT2D eigenvalue weighted by molar-refractivity contribution is -0.115. The minimum absolute atomic E-state index is 0.0202. The summed E-state index contributed by atoms with van der Waals surface area (Å²) in [7, 11) is 0. The molecule has 0 saturated carbocycles. The monoisotopic (exact) mass is 335 g/mol. The van der Waals surface area contributed by atoms with Gasteiger partial charge in [-0.2, -0.15) is 5.10 Å². The van der Waals surface area contributed by atoms with Gasteiger partial charge in [-0.1, -0.05) is 0 Å². The molecule has 3 rings (SSSR count). The highest BCUT2D eigenvalue weighted by Crippen LogP contribution is 2.23. The third-order valence-electron chi connectivity index (χ3n) is 2.69. The van der Waals surface area contributed by atoms with Crippen LogP contribution in [0.25, 0.3) is 10.9 Å². The van der Waals surface area contributed by atoms with Crippen LogP contribution in [-0.4, -0.2) is 16.1 Å². The molecule has 2 heterocycles. The number of hydrogen-bond acceptors (Lipinski definition) is 3. The summed E-state index contributed by atoms with van der Waals surface area (Å²) in [6.45, 7) is 0. The lowest BCUT2D eigenvalue weighted by Gasteiger charge is -2.04. The summed E-state index contributed by atoms with van der Waals surface area (Å²) >= 11 is 4.96. The van der Waals surface area contributed by atoms with Crippen LogP contribution in [0.2, 0.25) is 0 Å². The van der Waals surface area contributed by atoms with E-state index in [9.17, 15) is 4.79 Å². The van der Waals surface area contributed by atoms with Crippen molar-refractivity contribution in [3.63, 3.8) is 0 Å². The molecule has 0 aliphatic heterocycles. The number of halogens is 1. The van der Waals surface area contributed by atoms with E-state index in [0.29, 0.717) is 6.42 Å². The van der Waals surface area contributed by atoms with Crippen LogP contribution in [0.3, 0.4) is 0 Å². The van der Waals surface area contributed by atoms with Crippen LogP contribution in [0.1, 0.15) is 4.88 Å². The Balaban J connectivity index is 1.71. The summed E-state index contributed by atoms with van der Waals surface area (Å²) in [4.78, 5) is 13.0. The molecule has 0 spiro atoms. The maximum absolute atomic E-state index is 11.9. The van der Waals surface area contributed by atoms with Gasteiger partial charge in [0.1, 0.15) is 0 Å². The number of thiophene rings is 1. The average Bonchev–Trinajstić information content (AvgIpc) is 2.97. The Bertz CT molecular complexity index is 734. The van der Waals surface area contributed by atoms with Gasteiger partial charge in [-0.25, -0.2) is 0 Å². The predicted octanol–water partition coefficient (Wildman–Crippen LogP) is 3.57. The fourth-order valence-corrected chi connectivity index (χ4v) is 3.31. The van der Waals surface area contributed by atoms with Crippen LogP contribution < -0.4 is 5.32 Å². The fourth-order valence-electron chi connectivity index (χ4n) is 1.82. The number of hydrogen-bond donors (Lipinski definition) is 2. The second-order valence-electron chi connectivity index (χ2n) is 4.10. The normalized spacial score (nSPS) is 10.8. The first-order valence-electron chi connectivity index (χ1n) is 5.68. The minimum atomic E-state index is -0.0202. The molecule has 0 aliphatic rings. The van der Waals surface area contributed by atoms with Crippen LogP contribution in [0, 0.1) is 0 Å². The summed E-state index contributed by atoms with van der Waals surface area (Å²) in [6, 6.07) is 9.58. The van der Waals surface area contributed by atoms with Crippen LogP contribution in [0.15, 0.2) is 40.3 Å². The number of H-pyrrole nitrogens is 1. The molecule has 4 nitrogen and oxygen atoms in total. The standard InChI is InChI=1S/C13H10BrN3OS/c14-12-4-3-10(19-12)6-13(18)16-9-2-1-8-7-15-17-11(8)5-9/h1-5,7H,6H2,(H,15,17)(H,16,18). The van der Waals surface area contributed by atoms with Crippen molar-refractivity contribution < 1.29 is 4.79 Å². The molecule has 1 aromatic carbocycles. The molecule has 0 saturated heterocycles. The van der Waals surface area contributed by atoms with Crippen molar-refractivity contribution in [2.45, 2.75) is 6.42 Å². The Morgan fingerprint density at radius 3 is 3.05 bits per heavy atom. The molecule has 0 fully saturated rings. The second kappa shape index (κ2) is 5.14. The van der Waals surface area contributed by atoms with E-state index in [4.69, 9.17) is 0 Å². The quantitative estimate of drug-likeness (QED) is 0.768. The van der Waals surface area contributed by atoms with Crippen molar-refractivity contribution >= 4 is 49.8 Å². The molecule has 0 atom stereocenters. The van der Waals surface area contributed by atoms with Gasteiger partial charge in [0.25, 0.3) is 0 Å². The number of rotatable bonds is 3. The van der Waals surface area contributed by atoms with E-state index in [0.717, 1.165) is 25.3 Å². The third-order valence-corrected chi connectivity index (χ3v) is 4.31. The van der Waals surface area contributed by atoms with Gasteiger partial charge in [-0.05, 0) is 46.3 Å². The Morgan fingerprint density at radius 1 is 1.37 bits per heavy atom. The molecule has 3 aromatic rings. The topological polar surface area (TPSA) is 57.8 Å². The number of aromatic nitrogens is 2. The number of fused-ring (bicyclic) bond motifs is 1. The Hall–Kier alpha value is -1.66. The predicted molar refractivity (Wildman–Crippen MR) is 80.4 cm³/mol. The minimum Gasteiger partial charge on any atom is -0.326 e. The number of carbonyl (C=O) groups is 1. The summed E-state index contributed by atoms with van der Waals surface area (Å²) in [6.07, 6.45) is 2.14. The molecule has 0 aliphatic carbocycles. The fraction of sp³-hybridized carbons (Fsp3) is 0.0769. The first-order chi connectivity index (χ1) is 9.20. The smallest absolute Gasteiger partial charge is 0.229 e. The van der Waals surface area contributed by atoms with Crippen LogP contribution in [0.5, 0.6) is 0 Å². The SMILES string of the molecule is O=C(Cc1ccc(Br)s1)Nc1ccc2cn[nH]c2c1. The van der Waals surface area contributed by atoms with Gasteiger partial charge in [0, 0.05) is 16.0 Å². The highest BCUT2D eigenvalue weighted by atomic mass is 79.9. The lowest BCUT2D eigenvalue weighted by Crippen LogP contribution is -2.13. The van der Waals surface area contributed by atoms with Crippen LogP contribution >= 0.6 is 27.3 Å². The number of carbonyl (C=O) groups excluding carboxylic acids is 1. The van der Waals surface area contributed by atoms with Gasteiger partial charge in [0.2, 0.25) is 5.91 Å². The van der Waals surface area contributed by atoms with Crippen molar-refractivity contribution in [1.29, 1.82) is 0 Å². The third kappa shape index (κ3) is 2.85. The van der Waals surface area contributed by atoms with Gasteiger partial charge in [-0.3, -0.25) is 9.89 Å².